The van der Waals surface area contributed by atoms with Crippen molar-refractivity contribution in [2.75, 3.05) is 19.8 Å². The van der Waals surface area contributed by atoms with Crippen molar-refractivity contribution in [3.05, 3.63) is 0 Å². The summed E-state index contributed by atoms with van der Waals surface area (Å²) in [4.78, 5) is 11.3. The van der Waals surface area contributed by atoms with Gasteiger partial charge in [0.05, 0.1) is 6.61 Å². The second kappa shape index (κ2) is 13.5. The Morgan fingerprint density at radius 1 is 0.824 bits per heavy atom. The second-order valence-electron chi connectivity index (χ2n) is 4.35. The minimum atomic E-state index is -0.0828. The zero-order valence-electron chi connectivity index (χ0n) is 11.5. The van der Waals surface area contributed by atoms with E-state index in [0.717, 1.165) is 25.9 Å². The van der Waals surface area contributed by atoms with Crippen LogP contribution < -0.4 is 0 Å². The summed E-state index contributed by atoms with van der Waals surface area (Å²) in [6, 6.07) is 0. The van der Waals surface area contributed by atoms with Crippen molar-refractivity contribution < 1.29 is 14.3 Å². The summed E-state index contributed by atoms with van der Waals surface area (Å²) < 4.78 is 10.4. The van der Waals surface area contributed by atoms with Crippen LogP contribution in [0.15, 0.2) is 0 Å². The Hall–Kier alpha value is -0.570. The van der Waals surface area contributed by atoms with Crippen molar-refractivity contribution in [3.8, 4) is 0 Å². The van der Waals surface area contributed by atoms with Crippen LogP contribution >= 0.6 is 0 Å². The normalized spacial score (nSPS) is 10.5. The van der Waals surface area contributed by atoms with Crippen LogP contribution in [0.25, 0.3) is 0 Å². The van der Waals surface area contributed by atoms with E-state index in [1.54, 1.807) is 0 Å². The summed E-state index contributed by atoms with van der Waals surface area (Å²) in [5.74, 6) is -0.0828. The van der Waals surface area contributed by atoms with Crippen LogP contribution in [0, 0.1) is 0 Å². The van der Waals surface area contributed by atoms with Crippen LogP contribution in [0.1, 0.15) is 65.2 Å². The topological polar surface area (TPSA) is 35.5 Å². The first-order valence-electron chi connectivity index (χ1n) is 7.04. The van der Waals surface area contributed by atoms with Gasteiger partial charge in [0, 0.05) is 19.6 Å². The summed E-state index contributed by atoms with van der Waals surface area (Å²) in [5, 5.41) is 0. The van der Waals surface area contributed by atoms with Crippen molar-refractivity contribution in [2.45, 2.75) is 65.2 Å². The Kier molecular flexibility index (Phi) is 13.0. The molecule has 3 heteroatoms. The number of esters is 1. The van der Waals surface area contributed by atoms with Crippen LogP contribution in [-0.2, 0) is 14.3 Å². The van der Waals surface area contributed by atoms with Gasteiger partial charge in [-0.25, -0.2) is 0 Å². The average Bonchev–Trinajstić information content (AvgIpc) is 2.33. The maximum absolute atomic E-state index is 11.3. The van der Waals surface area contributed by atoms with Crippen molar-refractivity contribution >= 4 is 5.97 Å². The number of hydrogen-bond donors (Lipinski definition) is 0. The zero-order valence-corrected chi connectivity index (χ0v) is 11.5. The molecule has 0 aromatic rings. The van der Waals surface area contributed by atoms with E-state index in [2.05, 4.69) is 13.8 Å². The summed E-state index contributed by atoms with van der Waals surface area (Å²) in [6.45, 7) is 6.30. The maximum Gasteiger partial charge on any atom is 0.305 e. The molecular formula is C14H28O3. The Bertz CT molecular complexity index is 169. The highest BCUT2D eigenvalue weighted by molar-refractivity contribution is 5.69. The maximum atomic E-state index is 11.3. The summed E-state index contributed by atoms with van der Waals surface area (Å²) in [7, 11) is 0. The zero-order chi connectivity index (χ0) is 12.8. The highest BCUT2D eigenvalue weighted by Gasteiger charge is 2.02. The van der Waals surface area contributed by atoms with Gasteiger partial charge in [0.15, 0.2) is 0 Å². The molecule has 0 aliphatic carbocycles. The molecule has 0 aromatic heterocycles. The quantitative estimate of drug-likeness (QED) is 0.388. The first-order valence-corrected chi connectivity index (χ1v) is 7.04. The highest BCUT2D eigenvalue weighted by atomic mass is 16.5. The lowest BCUT2D eigenvalue weighted by Gasteiger charge is -2.05. The number of carbonyl (C=O) groups is 1. The molecule has 0 N–H and O–H groups in total. The lowest BCUT2D eigenvalue weighted by molar-refractivity contribution is -0.144. The van der Waals surface area contributed by atoms with Gasteiger partial charge >= 0.3 is 5.97 Å². The molecule has 0 bridgehead atoms. The minimum Gasteiger partial charge on any atom is -0.466 e. The Morgan fingerprint density at radius 3 is 2.29 bits per heavy atom. The summed E-state index contributed by atoms with van der Waals surface area (Å²) in [6.07, 6.45) is 8.23. The molecule has 0 radical (unpaired) electrons. The molecule has 0 spiro atoms. The first-order chi connectivity index (χ1) is 8.31. The van der Waals surface area contributed by atoms with E-state index in [1.165, 1.54) is 25.7 Å². The average molecular weight is 244 g/mol. The monoisotopic (exact) mass is 244 g/mol. The number of carbonyl (C=O) groups excluding carboxylic acids is 1. The lowest BCUT2D eigenvalue weighted by atomic mass is 10.2. The number of unbranched alkanes of at least 4 members (excludes halogenated alkanes) is 4. The van der Waals surface area contributed by atoms with E-state index in [0.29, 0.717) is 19.6 Å². The van der Waals surface area contributed by atoms with Gasteiger partial charge in [0.2, 0.25) is 0 Å². The molecule has 17 heavy (non-hydrogen) atoms. The molecule has 0 aliphatic heterocycles. The molecule has 0 amide bonds. The third-order valence-electron chi connectivity index (χ3n) is 2.53. The van der Waals surface area contributed by atoms with Gasteiger partial charge in [-0.05, 0) is 19.3 Å². The molecule has 0 saturated heterocycles. The van der Waals surface area contributed by atoms with Crippen LogP contribution in [0.2, 0.25) is 0 Å². The van der Waals surface area contributed by atoms with Gasteiger partial charge in [0.1, 0.15) is 0 Å². The van der Waals surface area contributed by atoms with Gasteiger partial charge in [-0.15, -0.1) is 0 Å². The fourth-order valence-electron chi connectivity index (χ4n) is 1.53. The van der Waals surface area contributed by atoms with Crippen molar-refractivity contribution in [3.63, 3.8) is 0 Å². The van der Waals surface area contributed by atoms with Gasteiger partial charge in [-0.2, -0.15) is 0 Å². The molecule has 3 nitrogen and oxygen atoms in total. The van der Waals surface area contributed by atoms with Crippen LogP contribution in [0.4, 0.5) is 0 Å². The van der Waals surface area contributed by atoms with Crippen molar-refractivity contribution in [2.24, 2.45) is 0 Å². The molecule has 102 valence electrons. The molecular weight excluding hydrogens is 216 g/mol. The summed E-state index contributed by atoms with van der Waals surface area (Å²) in [5.41, 5.74) is 0. The van der Waals surface area contributed by atoms with E-state index in [9.17, 15) is 4.79 Å². The molecule has 0 atom stereocenters. The second-order valence-corrected chi connectivity index (χ2v) is 4.35. The van der Waals surface area contributed by atoms with E-state index >= 15 is 0 Å². The predicted octanol–water partition coefficient (Wildman–Crippen LogP) is 3.71. The van der Waals surface area contributed by atoms with E-state index in [1.807, 2.05) is 0 Å². The molecule has 0 aromatic carbocycles. The summed E-state index contributed by atoms with van der Waals surface area (Å²) >= 11 is 0. The molecule has 0 rings (SSSR count). The third kappa shape index (κ3) is 13.4. The number of hydrogen-bond acceptors (Lipinski definition) is 3. The van der Waals surface area contributed by atoms with Gasteiger partial charge in [-0.1, -0.05) is 39.5 Å². The van der Waals surface area contributed by atoms with Crippen LogP contribution in [0.3, 0.4) is 0 Å². The van der Waals surface area contributed by atoms with E-state index in [4.69, 9.17) is 9.47 Å². The van der Waals surface area contributed by atoms with Crippen molar-refractivity contribution in [1.82, 2.24) is 0 Å². The standard InChI is InChI=1S/C14H28O3/c1-3-5-6-7-8-13-17-14(15)10-9-12-16-11-4-2/h3-13H2,1-2H3. The Labute approximate surface area is 106 Å². The first kappa shape index (κ1) is 16.4. The molecule has 0 unspecified atom stereocenters. The lowest BCUT2D eigenvalue weighted by Crippen LogP contribution is -2.07. The Morgan fingerprint density at radius 2 is 1.59 bits per heavy atom. The Balaban J connectivity index is 3.12. The predicted molar refractivity (Wildman–Crippen MR) is 70.1 cm³/mol. The van der Waals surface area contributed by atoms with Gasteiger partial charge in [-0.3, -0.25) is 4.79 Å². The molecule has 0 saturated carbocycles. The molecule has 0 heterocycles. The minimum absolute atomic E-state index is 0.0828. The van der Waals surface area contributed by atoms with Crippen molar-refractivity contribution in [1.29, 1.82) is 0 Å². The van der Waals surface area contributed by atoms with Gasteiger partial charge in [0.25, 0.3) is 0 Å². The van der Waals surface area contributed by atoms with E-state index in [-0.39, 0.29) is 5.97 Å². The van der Waals surface area contributed by atoms with Crippen LogP contribution in [0.5, 0.6) is 0 Å². The third-order valence-corrected chi connectivity index (χ3v) is 2.53. The molecule has 0 fully saturated rings. The highest BCUT2D eigenvalue weighted by Crippen LogP contribution is 2.03. The smallest absolute Gasteiger partial charge is 0.305 e. The van der Waals surface area contributed by atoms with Gasteiger partial charge < -0.3 is 9.47 Å². The number of ether oxygens (including phenoxy) is 2. The van der Waals surface area contributed by atoms with Crippen LogP contribution in [-0.4, -0.2) is 25.8 Å². The fourth-order valence-corrected chi connectivity index (χ4v) is 1.53. The fraction of sp³-hybridized carbons (Fsp3) is 0.929. The molecule has 0 aliphatic rings. The SMILES string of the molecule is CCCCCCCOC(=O)CCCOCCC. The number of rotatable bonds is 12. The largest absolute Gasteiger partial charge is 0.466 e. The van der Waals surface area contributed by atoms with E-state index < -0.39 is 0 Å².